The van der Waals surface area contributed by atoms with E-state index in [4.69, 9.17) is 5.73 Å². The van der Waals surface area contributed by atoms with Crippen LogP contribution in [0.4, 0.5) is 5.82 Å². The van der Waals surface area contributed by atoms with Crippen molar-refractivity contribution in [2.24, 2.45) is 5.73 Å². The Kier molecular flexibility index (Phi) is 4.06. The zero-order chi connectivity index (χ0) is 12.2. The number of nitrogens with zero attached hydrogens (tertiary/aromatic N) is 1. The Balaban J connectivity index is 2.56. The first-order valence-corrected chi connectivity index (χ1v) is 5.49. The molecule has 0 aliphatic carbocycles. The molecule has 0 spiro atoms. The fourth-order valence-corrected chi connectivity index (χ4v) is 1.24. The Morgan fingerprint density at radius 3 is 2.75 bits per heavy atom. The van der Waals surface area contributed by atoms with Gasteiger partial charge in [-0.3, -0.25) is 9.89 Å². The Bertz CT molecular complexity index is 351. The number of anilines is 1. The highest BCUT2D eigenvalue weighted by molar-refractivity contribution is 5.89. The first-order valence-electron chi connectivity index (χ1n) is 5.49. The number of hydrogen-bond acceptors (Lipinski definition) is 3. The zero-order valence-corrected chi connectivity index (χ0v) is 10.1. The topological polar surface area (TPSA) is 83.8 Å². The molecule has 1 aromatic heterocycles. The maximum Gasteiger partial charge on any atom is 0.225 e. The SMILES string of the molecule is CC(C)(C)c1cc(NC(=O)CCCN)n[nH]1. The van der Waals surface area contributed by atoms with Crippen LogP contribution in [0.25, 0.3) is 0 Å². The molecule has 0 saturated heterocycles. The number of carbonyl (C=O) groups is 1. The van der Waals surface area contributed by atoms with E-state index in [0.717, 1.165) is 5.69 Å². The minimum Gasteiger partial charge on any atom is -0.330 e. The Hall–Kier alpha value is -1.36. The van der Waals surface area contributed by atoms with Gasteiger partial charge in [-0.25, -0.2) is 0 Å². The largest absolute Gasteiger partial charge is 0.330 e. The molecule has 16 heavy (non-hydrogen) atoms. The van der Waals surface area contributed by atoms with Crippen molar-refractivity contribution in [3.05, 3.63) is 11.8 Å². The van der Waals surface area contributed by atoms with Crippen molar-refractivity contribution in [3.63, 3.8) is 0 Å². The van der Waals surface area contributed by atoms with Crippen LogP contribution in [-0.4, -0.2) is 22.6 Å². The molecule has 0 bridgehead atoms. The van der Waals surface area contributed by atoms with E-state index in [-0.39, 0.29) is 11.3 Å². The minimum atomic E-state index is -0.0441. The van der Waals surface area contributed by atoms with E-state index in [1.807, 2.05) is 6.07 Å². The second kappa shape index (κ2) is 5.12. The van der Waals surface area contributed by atoms with Crippen LogP contribution in [-0.2, 0) is 10.2 Å². The molecule has 5 nitrogen and oxygen atoms in total. The summed E-state index contributed by atoms with van der Waals surface area (Å²) in [4.78, 5) is 11.4. The summed E-state index contributed by atoms with van der Waals surface area (Å²) in [6.45, 7) is 6.78. The average molecular weight is 224 g/mol. The molecule has 0 unspecified atom stereocenters. The number of rotatable bonds is 4. The summed E-state index contributed by atoms with van der Waals surface area (Å²) in [6.07, 6.45) is 1.14. The van der Waals surface area contributed by atoms with Gasteiger partial charge in [0.15, 0.2) is 5.82 Å². The quantitative estimate of drug-likeness (QED) is 0.722. The second-order valence-electron chi connectivity index (χ2n) is 4.86. The van der Waals surface area contributed by atoms with Crippen molar-refractivity contribution < 1.29 is 4.79 Å². The standard InChI is InChI=1S/C11H20N4O/c1-11(2,3)8-7-9(15-14-8)13-10(16)5-4-6-12/h7H,4-6,12H2,1-3H3,(H2,13,14,15,16). The van der Waals surface area contributed by atoms with Crippen molar-refractivity contribution in [2.75, 3.05) is 11.9 Å². The van der Waals surface area contributed by atoms with E-state index in [0.29, 0.717) is 25.2 Å². The third-order valence-corrected chi connectivity index (χ3v) is 2.26. The van der Waals surface area contributed by atoms with Gasteiger partial charge >= 0.3 is 0 Å². The summed E-state index contributed by atoms with van der Waals surface area (Å²) in [5.74, 6) is 0.532. The van der Waals surface area contributed by atoms with Crippen molar-refractivity contribution in [1.29, 1.82) is 0 Å². The molecule has 0 aliphatic rings. The molecule has 0 radical (unpaired) electrons. The molecule has 4 N–H and O–H groups in total. The second-order valence-corrected chi connectivity index (χ2v) is 4.86. The number of H-pyrrole nitrogens is 1. The van der Waals surface area contributed by atoms with Crippen molar-refractivity contribution in [2.45, 2.75) is 39.0 Å². The molecule has 0 aromatic carbocycles. The number of aromatic amines is 1. The Labute approximate surface area is 95.8 Å². The molecule has 1 aromatic rings. The van der Waals surface area contributed by atoms with Gasteiger partial charge in [-0.15, -0.1) is 0 Å². The van der Waals surface area contributed by atoms with Gasteiger partial charge in [0.05, 0.1) is 0 Å². The summed E-state index contributed by atoms with van der Waals surface area (Å²) < 4.78 is 0. The van der Waals surface area contributed by atoms with Gasteiger partial charge in [-0.1, -0.05) is 20.8 Å². The van der Waals surface area contributed by atoms with Crippen LogP contribution in [0, 0.1) is 0 Å². The molecule has 1 amide bonds. The number of aromatic nitrogens is 2. The lowest BCUT2D eigenvalue weighted by atomic mass is 9.92. The van der Waals surface area contributed by atoms with Gasteiger partial charge in [0.2, 0.25) is 5.91 Å². The molecular formula is C11H20N4O. The summed E-state index contributed by atoms with van der Waals surface area (Å²) in [5.41, 5.74) is 6.34. The zero-order valence-electron chi connectivity index (χ0n) is 10.1. The normalized spacial score (nSPS) is 11.5. The number of nitrogens with one attached hydrogen (secondary N) is 2. The molecule has 0 atom stereocenters. The van der Waals surface area contributed by atoms with Gasteiger partial charge in [0.25, 0.3) is 0 Å². The first kappa shape index (κ1) is 12.7. The van der Waals surface area contributed by atoms with Crippen molar-refractivity contribution in [3.8, 4) is 0 Å². The predicted molar refractivity (Wildman–Crippen MR) is 64.2 cm³/mol. The number of amides is 1. The fourth-order valence-electron chi connectivity index (χ4n) is 1.24. The first-order chi connectivity index (χ1) is 7.43. The molecule has 1 heterocycles. The molecule has 0 fully saturated rings. The highest BCUT2D eigenvalue weighted by atomic mass is 16.1. The lowest BCUT2D eigenvalue weighted by Crippen LogP contribution is -2.13. The summed E-state index contributed by atoms with van der Waals surface area (Å²) >= 11 is 0. The van der Waals surface area contributed by atoms with Crippen LogP contribution >= 0.6 is 0 Å². The lowest BCUT2D eigenvalue weighted by Gasteiger charge is -2.14. The van der Waals surface area contributed by atoms with E-state index >= 15 is 0 Å². The summed E-state index contributed by atoms with van der Waals surface area (Å²) in [6, 6.07) is 1.86. The maximum atomic E-state index is 11.4. The van der Waals surface area contributed by atoms with Gasteiger partial charge in [0.1, 0.15) is 0 Å². The highest BCUT2D eigenvalue weighted by Gasteiger charge is 2.17. The van der Waals surface area contributed by atoms with Crippen LogP contribution in [0.2, 0.25) is 0 Å². The third kappa shape index (κ3) is 3.66. The average Bonchev–Trinajstić information content (AvgIpc) is 2.62. The van der Waals surface area contributed by atoms with E-state index in [9.17, 15) is 4.79 Å². The van der Waals surface area contributed by atoms with Crippen LogP contribution in [0.3, 0.4) is 0 Å². The van der Waals surface area contributed by atoms with E-state index in [1.165, 1.54) is 0 Å². The molecular weight excluding hydrogens is 204 g/mol. The van der Waals surface area contributed by atoms with Gasteiger partial charge in [-0.05, 0) is 13.0 Å². The number of carbonyl (C=O) groups excluding carboxylic acids is 1. The minimum absolute atomic E-state index is 0.00718. The monoisotopic (exact) mass is 224 g/mol. The summed E-state index contributed by atoms with van der Waals surface area (Å²) in [5, 5.41) is 9.69. The van der Waals surface area contributed by atoms with Crippen molar-refractivity contribution >= 4 is 11.7 Å². The van der Waals surface area contributed by atoms with E-state index in [1.54, 1.807) is 0 Å². The Morgan fingerprint density at radius 2 is 2.25 bits per heavy atom. The van der Waals surface area contributed by atoms with Gasteiger partial charge in [0, 0.05) is 23.6 Å². The molecule has 5 heteroatoms. The number of nitrogens with two attached hydrogens (primary N) is 1. The molecule has 0 saturated carbocycles. The van der Waals surface area contributed by atoms with Gasteiger partial charge < -0.3 is 11.1 Å². The van der Waals surface area contributed by atoms with E-state index in [2.05, 4.69) is 36.3 Å². The Morgan fingerprint density at radius 1 is 1.56 bits per heavy atom. The van der Waals surface area contributed by atoms with Crippen LogP contribution in [0.5, 0.6) is 0 Å². The predicted octanol–water partition coefficient (Wildman–Crippen LogP) is 1.38. The van der Waals surface area contributed by atoms with Crippen LogP contribution in [0.15, 0.2) is 6.07 Å². The lowest BCUT2D eigenvalue weighted by molar-refractivity contribution is -0.116. The van der Waals surface area contributed by atoms with Gasteiger partial charge in [-0.2, -0.15) is 5.10 Å². The maximum absolute atomic E-state index is 11.4. The van der Waals surface area contributed by atoms with Crippen molar-refractivity contribution in [1.82, 2.24) is 10.2 Å². The number of hydrogen-bond donors (Lipinski definition) is 3. The molecule has 1 rings (SSSR count). The van der Waals surface area contributed by atoms with Crippen LogP contribution in [0.1, 0.15) is 39.3 Å². The van der Waals surface area contributed by atoms with E-state index < -0.39 is 0 Å². The van der Waals surface area contributed by atoms with Crippen LogP contribution < -0.4 is 11.1 Å². The smallest absolute Gasteiger partial charge is 0.225 e. The summed E-state index contributed by atoms with van der Waals surface area (Å²) in [7, 11) is 0. The molecule has 0 aliphatic heterocycles. The highest BCUT2D eigenvalue weighted by Crippen LogP contribution is 2.21. The fraction of sp³-hybridized carbons (Fsp3) is 0.636. The third-order valence-electron chi connectivity index (χ3n) is 2.26. The molecule has 90 valence electrons.